The largest absolute Gasteiger partial charge is 0.495 e. The lowest BCUT2D eigenvalue weighted by atomic mass is 10.3. The van der Waals surface area contributed by atoms with Crippen LogP contribution in [-0.2, 0) is 14.8 Å². The van der Waals surface area contributed by atoms with E-state index in [1.807, 2.05) is 17.5 Å². The zero-order valence-corrected chi connectivity index (χ0v) is 20.9. The fraction of sp³-hybridized carbons (Fsp3) is 0.182. The van der Waals surface area contributed by atoms with E-state index in [0.717, 1.165) is 9.18 Å². The van der Waals surface area contributed by atoms with Crippen LogP contribution in [0.2, 0.25) is 5.02 Å². The lowest BCUT2D eigenvalue weighted by Gasteiger charge is -2.25. The number of anilines is 1. The fourth-order valence-electron chi connectivity index (χ4n) is 2.96. The van der Waals surface area contributed by atoms with Gasteiger partial charge < -0.3 is 14.2 Å². The predicted molar refractivity (Wildman–Crippen MR) is 132 cm³/mol. The van der Waals surface area contributed by atoms with E-state index in [1.165, 1.54) is 69.2 Å². The van der Waals surface area contributed by atoms with Crippen molar-refractivity contribution in [2.24, 2.45) is 5.10 Å². The second kappa shape index (κ2) is 11.2. The number of hydrogen-bond acceptors (Lipinski definition) is 8. The summed E-state index contributed by atoms with van der Waals surface area (Å²) in [5, 5.41) is 6.03. The molecular weight excluding hydrogens is 502 g/mol. The zero-order valence-electron chi connectivity index (χ0n) is 18.5. The number of halogens is 1. The minimum absolute atomic E-state index is 0.0853. The van der Waals surface area contributed by atoms with Gasteiger partial charge in [-0.1, -0.05) is 17.7 Å². The van der Waals surface area contributed by atoms with Crippen LogP contribution < -0.4 is 23.9 Å². The fourth-order valence-corrected chi connectivity index (χ4v) is 5.15. The number of amides is 1. The first-order valence-electron chi connectivity index (χ1n) is 9.74. The molecule has 34 heavy (non-hydrogen) atoms. The normalized spacial score (nSPS) is 11.3. The first kappa shape index (κ1) is 25.3. The molecule has 0 saturated carbocycles. The Morgan fingerprint density at radius 2 is 1.76 bits per heavy atom. The second-order valence-corrected chi connectivity index (χ2v) is 9.93. The highest BCUT2D eigenvalue weighted by Crippen LogP contribution is 2.36. The van der Waals surface area contributed by atoms with E-state index >= 15 is 0 Å². The first-order chi connectivity index (χ1) is 16.3. The van der Waals surface area contributed by atoms with Gasteiger partial charge in [-0.15, -0.1) is 11.3 Å². The summed E-state index contributed by atoms with van der Waals surface area (Å²) in [7, 11) is -0.0530. The van der Waals surface area contributed by atoms with E-state index in [4.69, 9.17) is 25.8 Å². The Bertz CT molecular complexity index is 1280. The molecule has 9 nitrogen and oxygen atoms in total. The lowest BCUT2D eigenvalue weighted by Crippen LogP contribution is -2.39. The molecule has 0 fully saturated rings. The number of nitrogens with one attached hydrogen (secondary N) is 1. The summed E-state index contributed by atoms with van der Waals surface area (Å²) in [6, 6.07) is 12.3. The maximum atomic E-state index is 13.7. The van der Waals surface area contributed by atoms with Gasteiger partial charge in [0.15, 0.2) is 11.5 Å². The van der Waals surface area contributed by atoms with Gasteiger partial charge in [0, 0.05) is 16.0 Å². The topological polar surface area (TPSA) is 107 Å². The van der Waals surface area contributed by atoms with Gasteiger partial charge in [-0.2, -0.15) is 5.10 Å². The Morgan fingerprint density at radius 3 is 2.41 bits per heavy atom. The molecular formula is C22H22ClN3O6S2. The molecule has 0 atom stereocenters. The highest BCUT2D eigenvalue weighted by atomic mass is 35.5. The lowest BCUT2D eigenvalue weighted by molar-refractivity contribution is -0.119. The van der Waals surface area contributed by atoms with E-state index < -0.39 is 22.5 Å². The number of hydrogen-bond donors (Lipinski definition) is 1. The van der Waals surface area contributed by atoms with Crippen LogP contribution in [0.25, 0.3) is 0 Å². The number of rotatable bonds is 10. The SMILES string of the molecule is COc1ccc(S(=O)(=O)N(CC(=O)N/N=C\c2cccs2)c2cc(Cl)ccc2OC)cc1OC. The molecule has 0 radical (unpaired) electrons. The maximum Gasteiger partial charge on any atom is 0.265 e. The Morgan fingerprint density at radius 1 is 1.06 bits per heavy atom. The average Bonchev–Trinajstić information content (AvgIpc) is 3.35. The molecule has 12 heteroatoms. The molecule has 0 bridgehead atoms. The van der Waals surface area contributed by atoms with Crippen LogP contribution in [-0.4, -0.2) is 48.4 Å². The molecule has 2 aromatic carbocycles. The Labute approximate surface area is 206 Å². The van der Waals surface area contributed by atoms with Crippen LogP contribution in [0.15, 0.2) is 63.9 Å². The predicted octanol–water partition coefficient (Wildman–Crippen LogP) is 3.77. The highest BCUT2D eigenvalue weighted by Gasteiger charge is 2.30. The number of thiophene rings is 1. The molecule has 0 unspecified atom stereocenters. The average molecular weight is 524 g/mol. The number of sulfonamides is 1. The Kier molecular flexibility index (Phi) is 8.37. The molecule has 0 spiro atoms. The van der Waals surface area contributed by atoms with Crippen molar-refractivity contribution in [3.05, 3.63) is 63.8 Å². The molecule has 1 amide bonds. The third-order valence-corrected chi connectivity index (χ3v) is 7.36. The van der Waals surface area contributed by atoms with E-state index in [-0.39, 0.29) is 27.1 Å². The number of nitrogens with zero attached hydrogens (tertiary/aromatic N) is 2. The molecule has 1 heterocycles. The van der Waals surface area contributed by atoms with Crippen LogP contribution in [0.3, 0.4) is 0 Å². The number of carbonyl (C=O) groups excluding carboxylic acids is 1. The van der Waals surface area contributed by atoms with Crippen molar-refractivity contribution in [1.29, 1.82) is 0 Å². The van der Waals surface area contributed by atoms with Gasteiger partial charge in [-0.05, 0) is 41.8 Å². The van der Waals surface area contributed by atoms with Crippen LogP contribution in [0.1, 0.15) is 4.88 Å². The summed E-state index contributed by atoms with van der Waals surface area (Å²) in [4.78, 5) is 13.4. The molecule has 180 valence electrons. The van der Waals surface area contributed by atoms with Crippen LogP contribution >= 0.6 is 22.9 Å². The molecule has 0 saturated heterocycles. The third-order valence-electron chi connectivity index (χ3n) is 4.56. The van der Waals surface area contributed by atoms with Gasteiger partial charge in [-0.25, -0.2) is 13.8 Å². The molecule has 3 aromatic rings. The van der Waals surface area contributed by atoms with Crippen molar-refractivity contribution < 1.29 is 27.4 Å². The number of ether oxygens (including phenoxy) is 3. The van der Waals surface area contributed by atoms with Crippen molar-refractivity contribution in [1.82, 2.24) is 5.43 Å². The second-order valence-electron chi connectivity index (χ2n) is 6.65. The van der Waals surface area contributed by atoms with Crippen molar-refractivity contribution in [3.8, 4) is 17.2 Å². The van der Waals surface area contributed by atoms with Gasteiger partial charge in [0.1, 0.15) is 12.3 Å². The molecule has 1 N–H and O–H groups in total. The summed E-state index contributed by atoms with van der Waals surface area (Å²) in [6.45, 7) is -0.588. The van der Waals surface area contributed by atoms with Crippen molar-refractivity contribution in [2.45, 2.75) is 4.90 Å². The Balaban J connectivity index is 2.01. The maximum absolute atomic E-state index is 13.7. The van der Waals surface area contributed by atoms with Crippen LogP contribution in [0.5, 0.6) is 17.2 Å². The van der Waals surface area contributed by atoms with E-state index in [0.29, 0.717) is 5.75 Å². The van der Waals surface area contributed by atoms with E-state index in [9.17, 15) is 13.2 Å². The van der Waals surface area contributed by atoms with Crippen LogP contribution in [0, 0.1) is 0 Å². The number of methoxy groups -OCH3 is 3. The van der Waals surface area contributed by atoms with Crippen molar-refractivity contribution in [2.75, 3.05) is 32.2 Å². The van der Waals surface area contributed by atoms with E-state index in [1.54, 1.807) is 6.07 Å². The first-order valence-corrected chi connectivity index (χ1v) is 12.4. The highest BCUT2D eigenvalue weighted by molar-refractivity contribution is 7.92. The number of benzene rings is 2. The molecule has 0 aliphatic heterocycles. The van der Waals surface area contributed by atoms with E-state index in [2.05, 4.69) is 10.5 Å². The summed E-state index contributed by atoms with van der Waals surface area (Å²) in [5.74, 6) is 0.114. The molecule has 0 aliphatic rings. The summed E-state index contributed by atoms with van der Waals surface area (Å²) in [5.41, 5.74) is 2.44. The Hall–Kier alpha value is -3.28. The van der Waals surface area contributed by atoms with Gasteiger partial charge >= 0.3 is 0 Å². The van der Waals surface area contributed by atoms with Gasteiger partial charge in [0.25, 0.3) is 15.9 Å². The minimum atomic E-state index is -4.28. The molecule has 0 aliphatic carbocycles. The number of hydrazone groups is 1. The van der Waals surface area contributed by atoms with Gasteiger partial charge in [-0.3, -0.25) is 9.10 Å². The summed E-state index contributed by atoms with van der Waals surface area (Å²) >= 11 is 7.58. The molecule has 3 rings (SSSR count). The minimum Gasteiger partial charge on any atom is -0.495 e. The monoisotopic (exact) mass is 523 g/mol. The van der Waals surface area contributed by atoms with Crippen molar-refractivity contribution >= 4 is 50.8 Å². The summed E-state index contributed by atoms with van der Waals surface area (Å²) in [6.07, 6.45) is 1.47. The zero-order chi connectivity index (χ0) is 24.7. The standard InChI is InChI=1S/C22H22ClN3O6S2/c1-30-19-8-6-15(23)11-18(19)26(14-22(27)25-24-13-16-5-4-10-33-16)34(28,29)17-7-9-20(31-2)21(12-17)32-3/h4-13H,14H2,1-3H3,(H,25,27)/b24-13-. The van der Waals surface area contributed by atoms with Gasteiger partial charge in [0.2, 0.25) is 0 Å². The third kappa shape index (κ3) is 5.79. The molecule has 1 aromatic heterocycles. The quantitative estimate of drug-likeness (QED) is 0.320. The summed E-state index contributed by atoms with van der Waals surface area (Å²) < 4.78 is 44.0. The smallest absolute Gasteiger partial charge is 0.265 e. The van der Waals surface area contributed by atoms with Gasteiger partial charge in [0.05, 0.1) is 38.1 Å². The van der Waals surface area contributed by atoms with Crippen LogP contribution in [0.4, 0.5) is 5.69 Å². The van der Waals surface area contributed by atoms with Crippen molar-refractivity contribution in [3.63, 3.8) is 0 Å². The number of carbonyl (C=O) groups is 1.